The van der Waals surface area contributed by atoms with Crippen molar-refractivity contribution in [3.05, 3.63) is 33.7 Å². The van der Waals surface area contributed by atoms with Gasteiger partial charge in [-0.3, -0.25) is 4.79 Å². The Hall–Kier alpha value is -1.60. The molecule has 0 aliphatic carbocycles. The van der Waals surface area contributed by atoms with Crippen LogP contribution in [-0.4, -0.2) is 17.3 Å². The van der Waals surface area contributed by atoms with Crippen molar-refractivity contribution in [2.45, 2.75) is 58.1 Å². The van der Waals surface area contributed by atoms with Crippen LogP contribution in [0.1, 0.15) is 44.9 Å². The van der Waals surface area contributed by atoms with Crippen LogP contribution in [0.5, 0.6) is 0 Å². The third-order valence-corrected chi connectivity index (χ3v) is 3.70. The van der Waals surface area contributed by atoms with Crippen LogP contribution in [0.4, 0.5) is 0 Å². The Kier molecular flexibility index (Phi) is 4.29. The van der Waals surface area contributed by atoms with Crippen LogP contribution < -0.4 is 5.56 Å². The van der Waals surface area contributed by atoms with E-state index in [-0.39, 0.29) is 23.5 Å². The second-order valence-corrected chi connectivity index (χ2v) is 6.38. The molecule has 0 bridgehead atoms. The van der Waals surface area contributed by atoms with Crippen LogP contribution >= 0.6 is 0 Å². The molecular weight excluding hydrogens is 252 g/mol. The Balaban J connectivity index is 2.45. The monoisotopic (exact) mass is 274 g/mol. The van der Waals surface area contributed by atoms with Gasteiger partial charge < -0.3 is 9.30 Å². The third kappa shape index (κ3) is 3.10. The molecule has 2 heterocycles. The Labute approximate surface area is 120 Å². The molecule has 1 saturated heterocycles. The Morgan fingerprint density at radius 1 is 1.45 bits per heavy atom. The van der Waals surface area contributed by atoms with E-state index >= 15 is 0 Å². The molecule has 1 atom stereocenters. The van der Waals surface area contributed by atoms with Gasteiger partial charge in [-0.1, -0.05) is 26.8 Å². The van der Waals surface area contributed by atoms with Gasteiger partial charge in [-0.2, -0.15) is 5.26 Å². The largest absolute Gasteiger partial charge is 0.376 e. The quantitative estimate of drug-likeness (QED) is 0.850. The van der Waals surface area contributed by atoms with Gasteiger partial charge in [0.1, 0.15) is 0 Å². The first kappa shape index (κ1) is 14.8. The molecule has 1 fully saturated rings. The lowest BCUT2D eigenvalue weighted by atomic mass is 9.90. The van der Waals surface area contributed by atoms with E-state index in [0.717, 1.165) is 25.1 Å². The summed E-state index contributed by atoms with van der Waals surface area (Å²) in [6, 6.07) is 5.82. The van der Waals surface area contributed by atoms with Gasteiger partial charge in [0, 0.05) is 23.3 Å². The van der Waals surface area contributed by atoms with E-state index < -0.39 is 0 Å². The predicted octanol–water partition coefficient (Wildman–Crippen LogP) is 2.39. The van der Waals surface area contributed by atoms with Crippen LogP contribution in [0.15, 0.2) is 16.9 Å². The van der Waals surface area contributed by atoms with Crippen molar-refractivity contribution >= 4 is 0 Å². The van der Waals surface area contributed by atoms with Crippen LogP contribution in [0.2, 0.25) is 0 Å². The van der Waals surface area contributed by atoms with Crippen molar-refractivity contribution in [2.75, 3.05) is 6.61 Å². The molecule has 1 unspecified atom stereocenters. The molecule has 4 heteroatoms. The number of hydrogen-bond acceptors (Lipinski definition) is 3. The van der Waals surface area contributed by atoms with Gasteiger partial charge in [0.25, 0.3) is 5.56 Å². The van der Waals surface area contributed by atoms with E-state index in [1.165, 1.54) is 0 Å². The van der Waals surface area contributed by atoms with Crippen molar-refractivity contribution in [3.8, 4) is 6.07 Å². The zero-order valence-electron chi connectivity index (χ0n) is 12.5. The SMILES string of the molecule is CC(C)(C)c1ccc(CC#N)c(=O)n1CC1CCCO1. The van der Waals surface area contributed by atoms with Crippen molar-refractivity contribution < 1.29 is 4.74 Å². The summed E-state index contributed by atoms with van der Waals surface area (Å²) in [6.07, 6.45) is 2.33. The minimum absolute atomic E-state index is 0.0468. The third-order valence-electron chi connectivity index (χ3n) is 3.70. The van der Waals surface area contributed by atoms with Gasteiger partial charge in [0.05, 0.1) is 25.1 Å². The first-order valence-electron chi connectivity index (χ1n) is 7.15. The van der Waals surface area contributed by atoms with Crippen LogP contribution in [0.25, 0.3) is 0 Å². The summed E-state index contributed by atoms with van der Waals surface area (Å²) in [6.45, 7) is 7.65. The van der Waals surface area contributed by atoms with Crippen molar-refractivity contribution in [1.29, 1.82) is 5.26 Å². The molecule has 0 aromatic carbocycles. The van der Waals surface area contributed by atoms with Crippen LogP contribution in [0, 0.1) is 11.3 Å². The van der Waals surface area contributed by atoms with Gasteiger partial charge in [-0.15, -0.1) is 0 Å². The molecule has 0 saturated carbocycles. The van der Waals surface area contributed by atoms with E-state index in [9.17, 15) is 4.79 Å². The minimum atomic E-state index is -0.108. The summed E-state index contributed by atoms with van der Waals surface area (Å²) in [7, 11) is 0. The Morgan fingerprint density at radius 2 is 2.20 bits per heavy atom. The van der Waals surface area contributed by atoms with Gasteiger partial charge in [0.15, 0.2) is 0 Å². The van der Waals surface area contributed by atoms with Gasteiger partial charge >= 0.3 is 0 Å². The predicted molar refractivity (Wildman–Crippen MR) is 77.7 cm³/mol. The Morgan fingerprint density at radius 3 is 2.75 bits per heavy atom. The maximum absolute atomic E-state index is 12.6. The smallest absolute Gasteiger partial charge is 0.255 e. The van der Waals surface area contributed by atoms with Gasteiger partial charge in [-0.05, 0) is 18.9 Å². The number of nitriles is 1. The summed E-state index contributed by atoms with van der Waals surface area (Å²) in [4.78, 5) is 12.6. The molecule has 0 radical (unpaired) electrons. The fraction of sp³-hybridized carbons (Fsp3) is 0.625. The first-order chi connectivity index (χ1) is 9.43. The number of aromatic nitrogens is 1. The van der Waals surface area contributed by atoms with E-state index in [1.54, 1.807) is 6.07 Å². The van der Waals surface area contributed by atoms with Crippen LogP contribution in [-0.2, 0) is 23.1 Å². The zero-order chi connectivity index (χ0) is 14.8. The summed E-state index contributed by atoms with van der Waals surface area (Å²) >= 11 is 0. The number of pyridine rings is 1. The Bertz CT molecular complexity index is 570. The highest BCUT2D eigenvalue weighted by Crippen LogP contribution is 2.23. The van der Waals surface area contributed by atoms with Crippen LogP contribution in [0.3, 0.4) is 0 Å². The highest BCUT2D eigenvalue weighted by atomic mass is 16.5. The molecule has 4 nitrogen and oxygen atoms in total. The first-order valence-corrected chi connectivity index (χ1v) is 7.15. The minimum Gasteiger partial charge on any atom is -0.376 e. The van der Waals surface area contributed by atoms with Crippen molar-refractivity contribution in [2.24, 2.45) is 0 Å². The molecular formula is C16H22N2O2. The highest BCUT2D eigenvalue weighted by molar-refractivity contribution is 5.23. The molecule has 1 aromatic heterocycles. The summed E-state index contributed by atoms with van der Waals surface area (Å²) < 4.78 is 7.46. The van der Waals surface area contributed by atoms with Crippen molar-refractivity contribution in [3.63, 3.8) is 0 Å². The second-order valence-electron chi connectivity index (χ2n) is 6.38. The highest BCUT2D eigenvalue weighted by Gasteiger charge is 2.24. The molecule has 1 aliphatic rings. The molecule has 1 aromatic rings. The van der Waals surface area contributed by atoms with Gasteiger partial charge in [0.2, 0.25) is 0 Å². The molecule has 0 amide bonds. The van der Waals surface area contributed by atoms with E-state index in [2.05, 4.69) is 26.8 Å². The van der Waals surface area contributed by atoms with E-state index in [1.807, 2.05) is 10.6 Å². The van der Waals surface area contributed by atoms with E-state index in [0.29, 0.717) is 12.1 Å². The second kappa shape index (κ2) is 5.80. The molecule has 20 heavy (non-hydrogen) atoms. The fourth-order valence-electron chi connectivity index (χ4n) is 2.67. The van der Waals surface area contributed by atoms with E-state index in [4.69, 9.17) is 10.00 Å². The average molecular weight is 274 g/mol. The average Bonchev–Trinajstić information content (AvgIpc) is 2.86. The number of hydrogen-bond donors (Lipinski definition) is 0. The summed E-state index contributed by atoms with van der Waals surface area (Å²) in [5.41, 5.74) is 1.41. The summed E-state index contributed by atoms with van der Waals surface area (Å²) in [5, 5.41) is 8.83. The molecule has 0 spiro atoms. The van der Waals surface area contributed by atoms with Gasteiger partial charge in [-0.25, -0.2) is 0 Å². The molecule has 2 rings (SSSR count). The zero-order valence-corrected chi connectivity index (χ0v) is 12.5. The maximum atomic E-state index is 12.6. The lowest BCUT2D eigenvalue weighted by molar-refractivity contribution is 0.0946. The molecule has 108 valence electrons. The fourth-order valence-corrected chi connectivity index (χ4v) is 2.67. The summed E-state index contributed by atoms with van der Waals surface area (Å²) in [5.74, 6) is 0. The maximum Gasteiger partial charge on any atom is 0.255 e. The standard InChI is InChI=1S/C16H22N2O2/c1-16(2,3)14-7-6-12(8-9-17)15(19)18(14)11-13-5-4-10-20-13/h6-7,13H,4-5,8,10-11H2,1-3H3. The lowest BCUT2D eigenvalue weighted by Crippen LogP contribution is -2.34. The molecule has 1 aliphatic heterocycles. The number of ether oxygens (including phenoxy) is 1. The normalized spacial score (nSPS) is 19.0. The molecule has 0 N–H and O–H groups in total. The van der Waals surface area contributed by atoms with Crippen molar-refractivity contribution in [1.82, 2.24) is 4.57 Å². The number of rotatable bonds is 3. The topological polar surface area (TPSA) is 55.0 Å². The lowest BCUT2D eigenvalue weighted by Gasteiger charge is -2.26. The number of nitrogens with zero attached hydrogens (tertiary/aromatic N) is 2.